The van der Waals surface area contributed by atoms with Crippen molar-refractivity contribution < 1.29 is 14.7 Å². The topological polar surface area (TPSA) is 79.3 Å². The van der Waals surface area contributed by atoms with E-state index in [1.165, 1.54) is 18.3 Å². The smallest absolute Gasteiger partial charge is 0.339 e. The Morgan fingerprint density at radius 1 is 1.20 bits per heavy atom. The highest BCUT2D eigenvalue weighted by Crippen LogP contribution is 2.22. The molecule has 1 heterocycles. The van der Waals surface area contributed by atoms with Gasteiger partial charge in [0.25, 0.3) is 5.91 Å². The second-order valence-electron chi connectivity index (χ2n) is 4.10. The zero-order valence-electron chi connectivity index (χ0n) is 10.6. The van der Waals surface area contributed by atoms with Crippen LogP contribution >= 0.6 is 15.9 Å². The largest absolute Gasteiger partial charge is 0.478 e. The standard InChI is InChI=1S/C14H11BrN2O3/c1-8-4-2-5-9(11(8)15)13(18)17-12-10(14(19)20)6-3-7-16-12/h2-7H,1H3,(H,19,20)(H,16,17,18). The molecule has 0 spiro atoms. The molecule has 0 saturated heterocycles. The van der Waals surface area contributed by atoms with E-state index in [1.807, 2.05) is 13.0 Å². The van der Waals surface area contributed by atoms with Crippen molar-refractivity contribution in [2.75, 3.05) is 5.32 Å². The molecule has 0 fully saturated rings. The van der Waals surface area contributed by atoms with E-state index < -0.39 is 11.9 Å². The van der Waals surface area contributed by atoms with Crippen molar-refractivity contribution >= 4 is 33.6 Å². The molecule has 5 nitrogen and oxygen atoms in total. The molecule has 6 heteroatoms. The Kier molecular flexibility index (Phi) is 4.14. The summed E-state index contributed by atoms with van der Waals surface area (Å²) in [5.41, 5.74) is 1.29. The fourth-order valence-electron chi connectivity index (χ4n) is 1.68. The Balaban J connectivity index is 2.33. The Labute approximate surface area is 123 Å². The molecule has 0 unspecified atom stereocenters. The molecule has 1 amide bonds. The lowest BCUT2D eigenvalue weighted by atomic mass is 10.1. The molecule has 1 aromatic heterocycles. The number of carboxylic acid groups (broad SMARTS) is 1. The summed E-state index contributed by atoms with van der Waals surface area (Å²) in [6.45, 7) is 1.87. The highest BCUT2D eigenvalue weighted by molar-refractivity contribution is 9.10. The number of hydrogen-bond acceptors (Lipinski definition) is 3. The number of benzene rings is 1. The molecule has 0 aliphatic heterocycles. The maximum atomic E-state index is 12.2. The summed E-state index contributed by atoms with van der Waals surface area (Å²) < 4.78 is 0.672. The average Bonchev–Trinajstić information content (AvgIpc) is 2.42. The number of carboxylic acids is 1. The third-order valence-corrected chi connectivity index (χ3v) is 3.76. The molecular formula is C14H11BrN2O3. The fraction of sp³-hybridized carbons (Fsp3) is 0.0714. The first kappa shape index (κ1) is 14.2. The van der Waals surface area contributed by atoms with Crippen LogP contribution in [0.1, 0.15) is 26.3 Å². The number of amides is 1. The van der Waals surface area contributed by atoms with E-state index in [0.717, 1.165) is 5.56 Å². The normalized spacial score (nSPS) is 10.1. The predicted octanol–water partition coefficient (Wildman–Crippen LogP) is 3.10. The SMILES string of the molecule is Cc1cccc(C(=O)Nc2ncccc2C(=O)O)c1Br. The molecule has 0 radical (unpaired) electrons. The first-order chi connectivity index (χ1) is 9.50. The minimum atomic E-state index is -1.14. The van der Waals surface area contributed by atoms with Gasteiger partial charge in [-0.2, -0.15) is 0 Å². The third kappa shape index (κ3) is 2.85. The number of hydrogen-bond donors (Lipinski definition) is 2. The van der Waals surface area contributed by atoms with E-state index in [2.05, 4.69) is 26.2 Å². The molecule has 0 bridgehead atoms. The summed E-state index contributed by atoms with van der Waals surface area (Å²) in [5.74, 6) is -1.53. The van der Waals surface area contributed by atoms with E-state index in [4.69, 9.17) is 5.11 Å². The number of pyridine rings is 1. The van der Waals surface area contributed by atoms with Crippen LogP contribution in [-0.4, -0.2) is 22.0 Å². The molecule has 0 saturated carbocycles. The van der Waals surface area contributed by atoms with Gasteiger partial charge in [0.1, 0.15) is 11.4 Å². The molecule has 2 rings (SSSR count). The van der Waals surface area contributed by atoms with Crippen molar-refractivity contribution in [3.05, 3.63) is 57.7 Å². The van der Waals surface area contributed by atoms with Crippen molar-refractivity contribution in [3.63, 3.8) is 0 Å². The van der Waals surface area contributed by atoms with Crippen molar-refractivity contribution in [1.82, 2.24) is 4.98 Å². The second kappa shape index (κ2) is 5.83. The van der Waals surface area contributed by atoms with Crippen LogP contribution in [0.25, 0.3) is 0 Å². The van der Waals surface area contributed by atoms with Crippen LogP contribution in [0.4, 0.5) is 5.82 Å². The number of rotatable bonds is 3. The molecule has 2 N–H and O–H groups in total. The number of aryl methyl sites for hydroxylation is 1. The minimum Gasteiger partial charge on any atom is -0.478 e. The van der Waals surface area contributed by atoms with Gasteiger partial charge < -0.3 is 10.4 Å². The highest BCUT2D eigenvalue weighted by atomic mass is 79.9. The van der Waals surface area contributed by atoms with Gasteiger partial charge >= 0.3 is 5.97 Å². The molecule has 0 atom stereocenters. The summed E-state index contributed by atoms with van der Waals surface area (Å²) in [4.78, 5) is 27.1. The lowest BCUT2D eigenvalue weighted by Gasteiger charge is -2.09. The van der Waals surface area contributed by atoms with Crippen molar-refractivity contribution in [3.8, 4) is 0 Å². The van der Waals surface area contributed by atoms with Gasteiger partial charge in [-0.3, -0.25) is 4.79 Å². The monoisotopic (exact) mass is 334 g/mol. The third-order valence-electron chi connectivity index (χ3n) is 2.71. The number of halogens is 1. The van der Waals surface area contributed by atoms with Crippen LogP contribution in [0.5, 0.6) is 0 Å². The van der Waals surface area contributed by atoms with Crippen LogP contribution < -0.4 is 5.32 Å². The summed E-state index contributed by atoms with van der Waals surface area (Å²) in [7, 11) is 0. The lowest BCUT2D eigenvalue weighted by molar-refractivity contribution is 0.0697. The van der Waals surface area contributed by atoms with Gasteiger partial charge in [0, 0.05) is 10.7 Å². The molecular weight excluding hydrogens is 324 g/mol. The number of nitrogens with zero attached hydrogens (tertiary/aromatic N) is 1. The van der Waals surface area contributed by atoms with Gasteiger partial charge in [0.05, 0.1) is 5.56 Å². The van der Waals surface area contributed by atoms with Crippen LogP contribution in [-0.2, 0) is 0 Å². The summed E-state index contributed by atoms with van der Waals surface area (Å²) in [6, 6.07) is 8.16. The van der Waals surface area contributed by atoms with Crippen molar-refractivity contribution in [1.29, 1.82) is 0 Å². The summed E-state index contributed by atoms with van der Waals surface area (Å²) in [5, 5.41) is 11.6. The maximum absolute atomic E-state index is 12.2. The average molecular weight is 335 g/mol. The van der Waals surface area contributed by atoms with Crippen LogP contribution in [0.3, 0.4) is 0 Å². The summed E-state index contributed by atoms with van der Waals surface area (Å²) >= 11 is 3.34. The molecule has 1 aromatic carbocycles. The molecule has 2 aromatic rings. The van der Waals surface area contributed by atoms with Gasteiger partial charge in [0.15, 0.2) is 0 Å². The van der Waals surface area contributed by atoms with E-state index >= 15 is 0 Å². The number of nitrogens with one attached hydrogen (secondary N) is 1. The van der Waals surface area contributed by atoms with Gasteiger partial charge in [0.2, 0.25) is 0 Å². The Hall–Kier alpha value is -2.21. The van der Waals surface area contributed by atoms with Crippen LogP contribution in [0.2, 0.25) is 0 Å². The number of anilines is 1. The lowest BCUT2D eigenvalue weighted by Crippen LogP contribution is -2.16. The van der Waals surface area contributed by atoms with Gasteiger partial charge in [-0.1, -0.05) is 12.1 Å². The van der Waals surface area contributed by atoms with E-state index in [0.29, 0.717) is 10.0 Å². The first-order valence-corrected chi connectivity index (χ1v) is 6.55. The molecule has 0 aliphatic carbocycles. The number of aromatic carboxylic acids is 1. The number of aromatic nitrogens is 1. The molecule has 102 valence electrons. The van der Waals surface area contributed by atoms with Gasteiger partial charge in [-0.05, 0) is 46.6 Å². The zero-order chi connectivity index (χ0) is 14.7. The number of carbonyl (C=O) groups excluding carboxylic acids is 1. The quantitative estimate of drug-likeness (QED) is 0.903. The Morgan fingerprint density at radius 3 is 2.60 bits per heavy atom. The van der Waals surface area contributed by atoms with E-state index in [1.54, 1.807) is 12.1 Å². The predicted molar refractivity (Wildman–Crippen MR) is 78.0 cm³/mol. The van der Waals surface area contributed by atoms with Gasteiger partial charge in [-0.15, -0.1) is 0 Å². The maximum Gasteiger partial charge on any atom is 0.339 e. The van der Waals surface area contributed by atoms with E-state index in [-0.39, 0.29) is 11.4 Å². The second-order valence-corrected chi connectivity index (χ2v) is 4.89. The number of carbonyl (C=O) groups is 2. The highest BCUT2D eigenvalue weighted by Gasteiger charge is 2.16. The van der Waals surface area contributed by atoms with E-state index in [9.17, 15) is 9.59 Å². The Bertz CT molecular complexity index is 686. The Morgan fingerprint density at radius 2 is 1.90 bits per heavy atom. The minimum absolute atomic E-state index is 0.0263. The molecule has 20 heavy (non-hydrogen) atoms. The van der Waals surface area contributed by atoms with Crippen LogP contribution in [0.15, 0.2) is 41.0 Å². The van der Waals surface area contributed by atoms with Gasteiger partial charge in [-0.25, -0.2) is 9.78 Å². The zero-order valence-corrected chi connectivity index (χ0v) is 12.1. The van der Waals surface area contributed by atoms with Crippen molar-refractivity contribution in [2.45, 2.75) is 6.92 Å². The fourth-order valence-corrected chi connectivity index (χ4v) is 2.12. The van der Waals surface area contributed by atoms with Crippen LogP contribution in [0, 0.1) is 6.92 Å². The molecule has 0 aliphatic rings. The summed E-state index contributed by atoms with van der Waals surface area (Å²) in [6.07, 6.45) is 1.42. The first-order valence-electron chi connectivity index (χ1n) is 5.75. The van der Waals surface area contributed by atoms with Crippen molar-refractivity contribution in [2.24, 2.45) is 0 Å².